The van der Waals surface area contributed by atoms with Crippen molar-refractivity contribution in [1.29, 1.82) is 0 Å². The number of anilines is 3. The maximum Gasteiger partial charge on any atom is 0.433 e. The molecule has 0 aliphatic carbocycles. The molecule has 9 heteroatoms. The molecule has 0 unspecified atom stereocenters. The van der Waals surface area contributed by atoms with Crippen LogP contribution in [0.1, 0.15) is 12.6 Å². The van der Waals surface area contributed by atoms with Crippen LogP contribution < -0.4 is 10.6 Å². The van der Waals surface area contributed by atoms with Crippen LogP contribution in [0.15, 0.2) is 28.7 Å². The van der Waals surface area contributed by atoms with Crippen molar-refractivity contribution in [3.8, 4) is 0 Å². The molecule has 0 bridgehead atoms. The number of nitrogens with zero attached hydrogens (tertiary/aromatic N) is 2. The molecule has 0 aliphatic heterocycles. The lowest BCUT2D eigenvalue weighted by Crippen LogP contribution is -2.13. The molecule has 0 amide bonds. The third-order valence-electron chi connectivity index (χ3n) is 2.55. The highest BCUT2D eigenvalue weighted by Crippen LogP contribution is 2.31. The summed E-state index contributed by atoms with van der Waals surface area (Å²) >= 11 is 3.13. The summed E-state index contributed by atoms with van der Waals surface area (Å²) in [5.41, 5.74) is -0.685. The summed E-state index contributed by atoms with van der Waals surface area (Å²) in [6.07, 6.45) is -4.59. The van der Waals surface area contributed by atoms with Gasteiger partial charge in [0.1, 0.15) is 11.6 Å². The van der Waals surface area contributed by atoms with Crippen LogP contribution >= 0.6 is 15.9 Å². The molecule has 0 spiro atoms. The first kappa shape index (κ1) is 16.5. The van der Waals surface area contributed by atoms with Gasteiger partial charge in [0.05, 0.1) is 5.69 Å². The normalized spacial score (nSPS) is 11.4. The molecule has 2 rings (SSSR count). The lowest BCUT2D eigenvalue weighted by molar-refractivity contribution is -0.141. The zero-order valence-corrected chi connectivity index (χ0v) is 12.9. The van der Waals surface area contributed by atoms with E-state index in [2.05, 4.69) is 36.5 Å². The molecule has 22 heavy (non-hydrogen) atoms. The largest absolute Gasteiger partial charge is 0.433 e. The lowest BCUT2D eigenvalue weighted by atomic mass is 10.3. The number of halogens is 5. The average Bonchev–Trinajstić information content (AvgIpc) is 2.41. The first-order valence-electron chi connectivity index (χ1n) is 6.22. The Morgan fingerprint density at radius 3 is 2.50 bits per heavy atom. The summed E-state index contributed by atoms with van der Waals surface area (Å²) in [6.45, 7) is 2.09. The Bertz CT molecular complexity index is 676. The van der Waals surface area contributed by atoms with Gasteiger partial charge in [-0.15, -0.1) is 0 Å². The number of nitrogens with one attached hydrogen (secondary N) is 2. The summed E-state index contributed by atoms with van der Waals surface area (Å²) in [4.78, 5) is 7.36. The number of alkyl halides is 3. The highest BCUT2D eigenvalue weighted by molar-refractivity contribution is 9.10. The van der Waals surface area contributed by atoms with E-state index < -0.39 is 17.7 Å². The Hall–Kier alpha value is -1.90. The first-order chi connectivity index (χ1) is 10.3. The van der Waals surface area contributed by atoms with Gasteiger partial charge in [-0.3, -0.25) is 0 Å². The summed E-state index contributed by atoms with van der Waals surface area (Å²) in [5.74, 6) is -0.659. The van der Waals surface area contributed by atoms with E-state index in [9.17, 15) is 17.6 Å². The smallest absolute Gasteiger partial charge is 0.354 e. The molecule has 1 aromatic carbocycles. The Morgan fingerprint density at radius 2 is 1.91 bits per heavy atom. The third kappa shape index (κ3) is 4.06. The van der Waals surface area contributed by atoms with E-state index in [1.165, 1.54) is 18.2 Å². The molecule has 118 valence electrons. The van der Waals surface area contributed by atoms with Crippen LogP contribution in [0.5, 0.6) is 0 Å². The van der Waals surface area contributed by atoms with Gasteiger partial charge in [0.25, 0.3) is 0 Å². The standard InChI is InChI=1S/C13H11BrF4N4/c1-2-19-12-21-10(13(16,17)18)6-11(22-12)20-9-4-3-7(15)5-8(9)14/h3-6H,2H2,1H3,(H2,19,20,21,22). The van der Waals surface area contributed by atoms with Gasteiger partial charge in [-0.25, -0.2) is 9.37 Å². The topological polar surface area (TPSA) is 49.8 Å². The second-order valence-electron chi connectivity index (χ2n) is 4.24. The molecule has 0 atom stereocenters. The van der Waals surface area contributed by atoms with Crippen LogP contribution in [0.3, 0.4) is 0 Å². The van der Waals surface area contributed by atoms with Gasteiger partial charge in [0, 0.05) is 17.1 Å². The minimum Gasteiger partial charge on any atom is -0.354 e. The molecule has 1 heterocycles. The number of aromatic nitrogens is 2. The summed E-state index contributed by atoms with van der Waals surface area (Å²) in [6, 6.07) is 4.56. The number of rotatable bonds is 4. The van der Waals surface area contributed by atoms with Crippen molar-refractivity contribution in [1.82, 2.24) is 9.97 Å². The predicted molar refractivity (Wildman–Crippen MR) is 78.6 cm³/mol. The lowest BCUT2D eigenvalue weighted by Gasteiger charge is -2.13. The predicted octanol–water partition coefficient (Wildman–Crippen LogP) is 4.57. The van der Waals surface area contributed by atoms with E-state index in [-0.39, 0.29) is 11.8 Å². The van der Waals surface area contributed by atoms with E-state index in [1.807, 2.05) is 0 Å². The molecule has 0 saturated heterocycles. The Morgan fingerprint density at radius 1 is 1.18 bits per heavy atom. The minimum absolute atomic E-state index is 0.0504. The fourth-order valence-electron chi connectivity index (χ4n) is 1.62. The number of hydrogen-bond donors (Lipinski definition) is 2. The van der Waals surface area contributed by atoms with Crippen molar-refractivity contribution in [3.63, 3.8) is 0 Å². The molecular weight excluding hydrogens is 368 g/mol. The van der Waals surface area contributed by atoms with Gasteiger partial charge in [-0.05, 0) is 41.1 Å². The van der Waals surface area contributed by atoms with E-state index in [1.54, 1.807) is 6.92 Å². The van der Waals surface area contributed by atoms with Gasteiger partial charge in [-0.2, -0.15) is 18.2 Å². The molecule has 0 fully saturated rings. The average molecular weight is 379 g/mol. The van der Waals surface area contributed by atoms with Crippen molar-refractivity contribution in [3.05, 3.63) is 40.2 Å². The molecular formula is C13H11BrF4N4. The van der Waals surface area contributed by atoms with Crippen LogP contribution in [-0.2, 0) is 6.18 Å². The summed E-state index contributed by atoms with van der Waals surface area (Å²) in [7, 11) is 0. The fourth-order valence-corrected chi connectivity index (χ4v) is 2.07. The van der Waals surface area contributed by atoms with Crippen molar-refractivity contribution in [2.24, 2.45) is 0 Å². The number of hydrogen-bond acceptors (Lipinski definition) is 4. The summed E-state index contributed by atoms with van der Waals surface area (Å²) in [5, 5.41) is 5.34. The van der Waals surface area contributed by atoms with E-state index in [0.29, 0.717) is 16.7 Å². The Labute approximate surface area is 132 Å². The van der Waals surface area contributed by atoms with E-state index in [4.69, 9.17) is 0 Å². The van der Waals surface area contributed by atoms with E-state index >= 15 is 0 Å². The third-order valence-corrected chi connectivity index (χ3v) is 3.20. The highest BCUT2D eigenvalue weighted by Gasteiger charge is 2.33. The zero-order chi connectivity index (χ0) is 16.3. The SMILES string of the molecule is CCNc1nc(Nc2ccc(F)cc2Br)cc(C(F)(F)F)n1. The molecule has 2 aromatic rings. The van der Waals surface area contributed by atoms with Crippen molar-refractivity contribution >= 4 is 33.4 Å². The van der Waals surface area contributed by atoms with Crippen LogP contribution in [0.25, 0.3) is 0 Å². The van der Waals surface area contributed by atoms with Gasteiger partial charge in [-0.1, -0.05) is 0 Å². The highest BCUT2D eigenvalue weighted by atomic mass is 79.9. The van der Waals surface area contributed by atoms with Crippen molar-refractivity contribution < 1.29 is 17.6 Å². The van der Waals surface area contributed by atoms with Crippen molar-refractivity contribution in [2.75, 3.05) is 17.2 Å². The van der Waals surface area contributed by atoms with Gasteiger partial charge in [0.15, 0.2) is 5.69 Å². The van der Waals surface area contributed by atoms with Gasteiger partial charge < -0.3 is 10.6 Å². The van der Waals surface area contributed by atoms with Crippen LogP contribution in [0.4, 0.5) is 35.0 Å². The number of benzene rings is 1. The first-order valence-corrected chi connectivity index (χ1v) is 7.01. The minimum atomic E-state index is -4.59. The quantitative estimate of drug-likeness (QED) is 0.765. The second kappa shape index (κ2) is 6.47. The molecule has 0 saturated carbocycles. The van der Waals surface area contributed by atoms with Crippen LogP contribution in [0.2, 0.25) is 0 Å². The maximum absolute atomic E-state index is 13.0. The summed E-state index contributed by atoms with van der Waals surface area (Å²) < 4.78 is 52.0. The molecule has 0 aliphatic rings. The molecule has 4 nitrogen and oxygen atoms in total. The van der Waals surface area contributed by atoms with Gasteiger partial charge in [0.2, 0.25) is 5.95 Å². The van der Waals surface area contributed by atoms with Crippen LogP contribution in [0, 0.1) is 5.82 Å². The maximum atomic E-state index is 13.0. The Balaban J connectivity index is 2.39. The Kier molecular flexibility index (Phi) is 4.84. The molecule has 2 N–H and O–H groups in total. The second-order valence-corrected chi connectivity index (χ2v) is 5.09. The monoisotopic (exact) mass is 378 g/mol. The molecule has 0 radical (unpaired) electrons. The van der Waals surface area contributed by atoms with E-state index in [0.717, 1.165) is 6.07 Å². The van der Waals surface area contributed by atoms with Gasteiger partial charge >= 0.3 is 6.18 Å². The molecule has 1 aromatic heterocycles. The van der Waals surface area contributed by atoms with Crippen molar-refractivity contribution in [2.45, 2.75) is 13.1 Å². The zero-order valence-electron chi connectivity index (χ0n) is 11.3. The van der Waals surface area contributed by atoms with Crippen LogP contribution in [-0.4, -0.2) is 16.5 Å². The fraction of sp³-hybridized carbons (Fsp3) is 0.231.